The highest BCUT2D eigenvalue weighted by Crippen LogP contribution is 2.44. The molecule has 0 aliphatic heterocycles. The molecule has 64 heavy (non-hydrogen) atoms. The van der Waals surface area contributed by atoms with E-state index in [1.165, 1.54) is 22.3 Å². The van der Waals surface area contributed by atoms with Crippen LogP contribution in [0.25, 0.3) is 0 Å². The van der Waals surface area contributed by atoms with Crippen LogP contribution >= 0.6 is 0 Å². The molecule has 6 N–H and O–H groups in total. The lowest BCUT2D eigenvalue weighted by molar-refractivity contribution is 0.265. The molecule has 0 radical (unpaired) electrons. The minimum absolute atomic E-state index is 0.121. The van der Waals surface area contributed by atoms with E-state index in [0.29, 0.717) is 23.0 Å². The summed E-state index contributed by atoms with van der Waals surface area (Å²) in [5.74, 6) is 1.99. The molecular formula is C58H90O6. The molecule has 0 aliphatic rings. The third-order valence-electron chi connectivity index (χ3n) is 12.5. The summed E-state index contributed by atoms with van der Waals surface area (Å²) in [6.07, 6.45) is 8.03. The Bertz CT molecular complexity index is 1810. The molecule has 0 bridgehead atoms. The largest absolute Gasteiger partial charge is 0.508 e. The third-order valence-corrected chi connectivity index (χ3v) is 12.5. The van der Waals surface area contributed by atoms with E-state index >= 15 is 0 Å². The molecule has 0 saturated heterocycles. The summed E-state index contributed by atoms with van der Waals surface area (Å²) in [6, 6.07) is 16.5. The molecule has 0 amide bonds. The van der Waals surface area contributed by atoms with E-state index in [4.69, 9.17) is 10.2 Å². The fourth-order valence-electron chi connectivity index (χ4n) is 8.85. The third kappa shape index (κ3) is 15.3. The number of aliphatic hydroxyl groups excluding tert-OH is 2. The Labute approximate surface area is 390 Å². The lowest BCUT2D eigenvalue weighted by atomic mass is 9.76. The quantitative estimate of drug-likeness (QED) is 0.0744. The number of phenols is 4. The van der Waals surface area contributed by atoms with Crippen molar-refractivity contribution in [3.63, 3.8) is 0 Å². The summed E-state index contributed by atoms with van der Waals surface area (Å²) in [4.78, 5) is 0. The van der Waals surface area contributed by atoms with Crippen molar-refractivity contribution in [1.29, 1.82) is 0 Å². The van der Waals surface area contributed by atoms with Gasteiger partial charge in [-0.15, -0.1) is 0 Å². The van der Waals surface area contributed by atoms with Crippen LogP contribution in [0.1, 0.15) is 227 Å². The molecular weight excluding hydrogens is 793 g/mol. The number of unbranched alkanes of at least 4 members (excludes halogenated alkanes) is 3. The van der Waals surface area contributed by atoms with E-state index in [-0.39, 0.29) is 46.7 Å². The first-order chi connectivity index (χ1) is 29.5. The SMILES string of the molecule is CCCC(c1cc(C(C)(C)C)c(O)cc1C)c1cc(C(C)(C)C)c(O)cc1C.CCCC(c1cc(C(C)(C)C)c(O)cc1C)c1cc(C(C)(C)C)c(O)cc1C.OCCCCCCO. The van der Waals surface area contributed by atoms with Crippen molar-refractivity contribution in [3.8, 4) is 23.0 Å². The summed E-state index contributed by atoms with van der Waals surface area (Å²) >= 11 is 0. The van der Waals surface area contributed by atoms with Crippen LogP contribution in [0.3, 0.4) is 0 Å². The summed E-state index contributed by atoms with van der Waals surface area (Å²) in [7, 11) is 0. The van der Waals surface area contributed by atoms with Crippen LogP contribution in [0, 0.1) is 27.7 Å². The monoisotopic (exact) mass is 883 g/mol. The standard InChI is InChI=1S/2C26H38O2.C6H14O2/c2*1-10-11-18(19-14-21(25(4,5)6)23(27)12-16(19)2)20-15-22(26(7,8)9)24(28)13-17(20)3;7-5-3-1-2-4-6-8/h2*12-15,18,27-28H,10-11H2,1-9H3;7-8H,1-6H2. The van der Waals surface area contributed by atoms with Crippen molar-refractivity contribution in [2.45, 2.75) is 209 Å². The first kappa shape index (κ1) is 56.1. The van der Waals surface area contributed by atoms with Crippen LogP contribution in [-0.2, 0) is 21.7 Å². The molecule has 6 nitrogen and oxygen atoms in total. The number of rotatable bonds is 13. The van der Waals surface area contributed by atoms with Gasteiger partial charge < -0.3 is 30.6 Å². The van der Waals surface area contributed by atoms with Gasteiger partial charge in [0.1, 0.15) is 23.0 Å². The predicted octanol–water partition coefficient (Wildman–Crippen LogP) is 15.0. The van der Waals surface area contributed by atoms with Gasteiger partial charge >= 0.3 is 0 Å². The van der Waals surface area contributed by atoms with Crippen molar-refractivity contribution < 1.29 is 30.6 Å². The Hall–Kier alpha value is -4.00. The normalized spacial score (nSPS) is 12.3. The van der Waals surface area contributed by atoms with Gasteiger partial charge in [0.15, 0.2) is 0 Å². The van der Waals surface area contributed by atoms with Crippen LogP contribution < -0.4 is 0 Å². The van der Waals surface area contributed by atoms with Crippen LogP contribution in [0.4, 0.5) is 0 Å². The summed E-state index contributed by atoms with van der Waals surface area (Å²) in [5, 5.41) is 58.8. The van der Waals surface area contributed by atoms with Crippen LogP contribution in [0.15, 0.2) is 48.5 Å². The lowest BCUT2D eigenvalue weighted by Gasteiger charge is -2.29. The maximum Gasteiger partial charge on any atom is 0.119 e. The van der Waals surface area contributed by atoms with E-state index < -0.39 is 0 Å². The number of hydrogen-bond acceptors (Lipinski definition) is 6. The molecule has 0 aliphatic carbocycles. The topological polar surface area (TPSA) is 121 Å². The van der Waals surface area contributed by atoms with Crippen LogP contribution in [-0.4, -0.2) is 43.9 Å². The summed E-state index contributed by atoms with van der Waals surface area (Å²) in [5.41, 5.74) is 13.0. The van der Waals surface area contributed by atoms with Gasteiger partial charge in [-0.1, -0.05) is 147 Å². The number of aromatic hydroxyl groups is 4. The molecule has 4 aromatic rings. The molecule has 0 heterocycles. The van der Waals surface area contributed by atoms with E-state index in [2.05, 4.69) is 149 Å². The Morgan fingerprint density at radius 2 is 0.562 bits per heavy atom. The Balaban J connectivity index is 0.000000376. The second kappa shape index (κ2) is 23.4. The van der Waals surface area contributed by atoms with E-state index in [9.17, 15) is 20.4 Å². The van der Waals surface area contributed by atoms with Gasteiger partial charge in [0, 0.05) is 25.0 Å². The first-order valence-electron chi connectivity index (χ1n) is 24.0. The summed E-state index contributed by atoms with van der Waals surface area (Å²) in [6.45, 7) is 39.0. The first-order valence-corrected chi connectivity index (χ1v) is 24.0. The zero-order valence-corrected chi connectivity index (χ0v) is 43.5. The zero-order valence-electron chi connectivity index (χ0n) is 43.5. The minimum atomic E-state index is -0.121. The second-order valence-corrected chi connectivity index (χ2v) is 22.4. The van der Waals surface area contributed by atoms with E-state index in [1.54, 1.807) is 0 Å². The Morgan fingerprint density at radius 1 is 0.359 bits per heavy atom. The highest BCUT2D eigenvalue weighted by Gasteiger charge is 2.29. The van der Waals surface area contributed by atoms with Gasteiger partial charge in [-0.3, -0.25) is 0 Å². The molecule has 0 saturated carbocycles. The van der Waals surface area contributed by atoms with Gasteiger partial charge in [-0.2, -0.15) is 0 Å². The molecule has 358 valence electrons. The number of benzene rings is 4. The van der Waals surface area contributed by atoms with Crippen molar-refractivity contribution in [2.24, 2.45) is 0 Å². The molecule has 4 rings (SSSR count). The molecule has 0 fully saturated rings. The van der Waals surface area contributed by atoms with Gasteiger partial charge in [-0.05, 0) is 166 Å². The van der Waals surface area contributed by atoms with Crippen molar-refractivity contribution >= 4 is 0 Å². The highest BCUT2D eigenvalue weighted by atomic mass is 16.3. The number of aliphatic hydroxyl groups is 2. The maximum atomic E-state index is 10.5. The van der Waals surface area contributed by atoms with Crippen LogP contribution in [0.5, 0.6) is 23.0 Å². The van der Waals surface area contributed by atoms with Crippen molar-refractivity contribution in [1.82, 2.24) is 0 Å². The predicted molar refractivity (Wildman–Crippen MR) is 272 cm³/mol. The minimum Gasteiger partial charge on any atom is -0.508 e. The number of aryl methyl sites for hydroxylation is 4. The van der Waals surface area contributed by atoms with E-state index in [1.807, 2.05) is 24.3 Å². The number of phenolic OH excluding ortho intramolecular Hbond substituents is 4. The van der Waals surface area contributed by atoms with Crippen molar-refractivity contribution in [3.05, 3.63) is 115 Å². The van der Waals surface area contributed by atoms with Crippen molar-refractivity contribution in [2.75, 3.05) is 13.2 Å². The fraction of sp³-hybridized carbons (Fsp3) is 0.586. The van der Waals surface area contributed by atoms with Gasteiger partial charge in [-0.25, -0.2) is 0 Å². The van der Waals surface area contributed by atoms with Gasteiger partial charge in [0.25, 0.3) is 0 Å². The molecule has 0 atom stereocenters. The average molecular weight is 883 g/mol. The van der Waals surface area contributed by atoms with Crippen LogP contribution in [0.2, 0.25) is 0 Å². The van der Waals surface area contributed by atoms with E-state index in [0.717, 1.165) is 95.9 Å². The average Bonchev–Trinajstić information content (AvgIpc) is 3.14. The molecule has 4 aromatic carbocycles. The second-order valence-electron chi connectivity index (χ2n) is 22.4. The summed E-state index contributed by atoms with van der Waals surface area (Å²) < 4.78 is 0. The lowest BCUT2D eigenvalue weighted by Crippen LogP contribution is -2.16. The van der Waals surface area contributed by atoms with Gasteiger partial charge in [0.2, 0.25) is 0 Å². The van der Waals surface area contributed by atoms with Gasteiger partial charge in [0.05, 0.1) is 0 Å². The molecule has 0 spiro atoms. The fourth-order valence-corrected chi connectivity index (χ4v) is 8.85. The smallest absolute Gasteiger partial charge is 0.119 e. The Morgan fingerprint density at radius 3 is 0.719 bits per heavy atom. The molecule has 0 aromatic heterocycles. The zero-order chi connectivity index (χ0) is 49.1. The highest BCUT2D eigenvalue weighted by molar-refractivity contribution is 5.54. The number of hydrogen-bond donors (Lipinski definition) is 6. The molecule has 0 unspecified atom stereocenters. The maximum absolute atomic E-state index is 10.5. The Kier molecular flexibility index (Phi) is 20.6. The molecule has 6 heteroatoms.